The van der Waals surface area contributed by atoms with Gasteiger partial charge in [-0.3, -0.25) is 0 Å². The van der Waals surface area contributed by atoms with Crippen LogP contribution < -0.4 is 10.5 Å². The molecule has 0 bridgehead atoms. The standard InChI is InChI=1S/C13H22N2O4S/c1-10(15-7-6-12(16)9-19-2)11-4-3-5-13(8-11)20(14,17)18/h3-5,8,10,12,15-16H,6-7,9H2,1-2H3,(H2,14,17,18). The Morgan fingerprint density at radius 1 is 1.45 bits per heavy atom. The van der Waals surface area contributed by atoms with Crippen LogP contribution in [-0.2, 0) is 14.8 Å². The predicted octanol–water partition coefficient (Wildman–Crippen LogP) is 0.382. The van der Waals surface area contributed by atoms with E-state index < -0.39 is 16.1 Å². The average molecular weight is 302 g/mol. The van der Waals surface area contributed by atoms with E-state index >= 15 is 0 Å². The van der Waals surface area contributed by atoms with Crippen molar-refractivity contribution in [3.8, 4) is 0 Å². The van der Waals surface area contributed by atoms with Crippen LogP contribution in [0, 0.1) is 0 Å². The van der Waals surface area contributed by atoms with Crippen LogP contribution in [0.4, 0.5) is 0 Å². The van der Waals surface area contributed by atoms with Gasteiger partial charge in [0.1, 0.15) is 0 Å². The molecular weight excluding hydrogens is 280 g/mol. The molecule has 0 heterocycles. The van der Waals surface area contributed by atoms with Gasteiger partial charge in [-0.25, -0.2) is 13.6 Å². The molecular formula is C13H22N2O4S. The molecule has 0 aliphatic carbocycles. The van der Waals surface area contributed by atoms with E-state index in [-0.39, 0.29) is 10.9 Å². The Hall–Kier alpha value is -0.990. The van der Waals surface area contributed by atoms with Crippen molar-refractivity contribution in [2.75, 3.05) is 20.3 Å². The van der Waals surface area contributed by atoms with E-state index in [0.29, 0.717) is 19.6 Å². The zero-order valence-electron chi connectivity index (χ0n) is 11.7. The Morgan fingerprint density at radius 2 is 2.15 bits per heavy atom. The van der Waals surface area contributed by atoms with Gasteiger partial charge >= 0.3 is 0 Å². The fraction of sp³-hybridized carbons (Fsp3) is 0.538. The Morgan fingerprint density at radius 3 is 2.75 bits per heavy atom. The molecule has 7 heteroatoms. The van der Waals surface area contributed by atoms with Crippen LogP contribution in [-0.4, -0.2) is 39.9 Å². The van der Waals surface area contributed by atoms with Crippen LogP contribution in [0.5, 0.6) is 0 Å². The molecule has 1 aromatic rings. The molecule has 6 nitrogen and oxygen atoms in total. The first-order valence-electron chi connectivity index (χ1n) is 6.37. The summed E-state index contributed by atoms with van der Waals surface area (Å²) in [7, 11) is -2.14. The molecule has 0 aliphatic heterocycles. The van der Waals surface area contributed by atoms with Crippen molar-refractivity contribution in [3.05, 3.63) is 29.8 Å². The lowest BCUT2D eigenvalue weighted by Gasteiger charge is -2.16. The lowest BCUT2D eigenvalue weighted by molar-refractivity contribution is 0.0590. The van der Waals surface area contributed by atoms with Gasteiger partial charge in [0.25, 0.3) is 0 Å². The number of primary sulfonamides is 1. The first-order chi connectivity index (χ1) is 9.34. The summed E-state index contributed by atoms with van der Waals surface area (Å²) in [6.45, 7) is 2.83. The number of nitrogens with one attached hydrogen (secondary N) is 1. The summed E-state index contributed by atoms with van der Waals surface area (Å²) in [5.74, 6) is 0. The zero-order chi connectivity index (χ0) is 15.2. The quantitative estimate of drug-likeness (QED) is 0.644. The molecule has 0 saturated carbocycles. The molecule has 1 aromatic carbocycles. The van der Waals surface area contributed by atoms with Crippen molar-refractivity contribution in [3.63, 3.8) is 0 Å². The number of methoxy groups -OCH3 is 1. The molecule has 20 heavy (non-hydrogen) atoms. The molecule has 0 saturated heterocycles. The largest absolute Gasteiger partial charge is 0.391 e. The summed E-state index contributed by atoms with van der Waals surface area (Å²) in [6.07, 6.45) is 0.0583. The zero-order valence-corrected chi connectivity index (χ0v) is 12.6. The number of sulfonamides is 1. The van der Waals surface area contributed by atoms with E-state index in [1.165, 1.54) is 13.2 Å². The second kappa shape index (κ2) is 7.70. The van der Waals surface area contributed by atoms with E-state index in [1.807, 2.05) is 13.0 Å². The second-order valence-electron chi connectivity index (χ2n) is 4.69. The van der Waals surface area contributed by atoms with E-state index in [9.17, 15) is 13.5 Å². The summed E-state index contributed by atoms with van der Waals surface area (Å²) < 4.78 is 27.4. The van der Waals surface area contributed by atoms with Gasteiger partial charge in [0.05, 0.1) is 17.6 Å². The van der Waals surface area contributed by atoms with Crippen molar-refractivity contribution in [2.24, 2.45) is 5.14 Å². The van der Waals surface area contributed by atoms with Gasteiger partial charge in [0.2, 0.25) is 10.0 Å². The first kappa shape index (κ1) is 17.1. The summed E-state index contributed by atoms with van der Waals surface area (Å²) >= 11 is 0. The highest BCUT2D eigenvalue weighted by Gasteiger charge is 2.11. The number of aliphatic hydroxyl groups excluding tert-OH is 1. The lowest BCUT2D eigenvalue weighted by Crippen LogP contribution is -2.25. The first-order valence-corrected chi connectivity index (χ1v) is 7.92. The van der Waals surface area contributed by atoms with Crippen molar-refractivity contribution >= 4 is 10.0 Å². The third-order valence-electron chi connectivity index (χ3n) is 2.97. The number of hydrogen-bond donors (Lipinski definition) is 3. The Kier molecular flexibility index (Phi) is 6.57. The number of hydrogen-bond acceptors (Lipinski definition) is 5. The maximum atomic E-state index is 11.3. The SMILES string of the molecule is COCC(O)CCNC(C)c1cccc(S(N)(=O)=O)c1. The lowest BCUT2D eigenvalue weighted by atomic mass is 10.1. The molecule has 0 radical (unpaired) electrons. The highest BCUT2D eigenvalue weighted by Crippen LogP contribution is 2.16. The van der Waals surface area contributed by atoms with Crippen LogP contribution in [0.2, 0.25) is 0 Å². The van der Waals surface area contributed by atoms with Gasteiger partial charge < -0.3 is 15.2 Å². The van der Waals surface area contributed by atoms with Crippen LogP contribution in [0.1, 0.15) is 24.9 Å². The highest BCUT2D eigenvalue weighted by atomic mass is 32.2. The average Bonchev–Trinajstić information content (AvgIpc) is 2.38. The molecule has 0 spiro atoms. The minimum atomic E-state index is -3.68. The monoisotopic (exact) mass is 302 g/mol. The number of nitrogens with two attached hydrogens (primary N) is 1. The van der Waals surface area contributed by atoms with Gasteiger partial charge in [0.15, 0.2) is 0 Å². The molecule has 0 fully saturated rings. The molecule has 114 valence electrons. The smallest absolute Gasteiger partial charge is 0.238 e. The van der Waals surface area contributed by atoms with Gasteiger partial charge in [-0.2, -0.15) is 0 Å². The fourth-order valence-electron chi connectivity index (χ4n) is 1.82. The summed E-state index contributed by atoms with van der Waals surface area (Å²) in [6, 6.07) is 6.48. The topological polar surface area (TPSA) is 102 Å². The third-order valence-corrected chi connectivity index (χ3v) is 3.88. The minimum Gasteiger partial charge on any atom is -0.391 e. The Labute approximate surface area is 120 Å². The van der Waals surface area contributed by atoms with E-state index in [1.54, 1.807) is 12.1 Å². The Balaban J connectivity index is 2.58. The van der Waals surface area contributed by atoms with Gasteiger partial charge in [-0.15, -0.1) is 0 Å². The second-order valence-corrected chi connectivity index (χ2v) is 6.25. The summed E-state index contributed by atoms with van der Waals surface area (Å²) in [5, 5.41) is 17.8. The molecule has 4 N–H and O–H groups in total. The number of aliphatic hydroxyl groups is 1. The van der Waals surface area contributed by atoms with Crippen LogP contribution >= 0.6 is 0 Å². The molecule has 0 aliphatic rings. The minimum absolute atomic E-state index is 0.0357. The third kappa shape index (κ3) is 5.56. The molecule has 1 rings (SSSR count). The number of benzene rings is 1. The fourth-order valence-corrected chi connectivity index (χ4v) is 2.39. The number of rotatable bonds is 8. The van der Waals surface area contributed by atoms with Crippen molar-refractivity contribution in [2.45, 2.75) is 30.4 Å². The van der Waals surface area contributed by atoms with Crippen molar-refractivity contribution in [1.29, 1.82) is 0 Å². The van der Waals surface area contributed by atoms with Gasteiger partial charge in [0, 0.05) is 13.2 Å². The van der Waals surface area contributed by atoms with Gasteiger partial charge in [-0.05, 0) is 37.6 Å². The van der Waals surface area contributed by atoms with Crippen LogP contribution in [0.3, 0.4) is 0 Å². The van der Waals surface area contributed by atoms with Crippen LogP contribution in [0.25, 0.3) is 0 Å². The molecule has 0 aromatic heterocycles. The van der Waals surface area contributed by atoms with Crippen molar-refractivity contribution in [1.82, 2.24) is 5.32 Å². The highest BCUT2D eigenvalue weighted by molar-refractivity contribution is 7.89. The van der Waals surface area contributed by atoms with Crippen LogP contribution in [0.15, 0.2) is 29.2 Å². The molecule has 0 amide bonds. The normalized spacial score (nSPS) is 15.0. The van der Waals surface area contributed by atoms with E-state index in [0.717, 1.165) is 5.56 Å². The summed E-state index contributed by atoms with van der Waals surface area (Å²) in [4.78, 5) is 0.100. The maximum Gasteiger partial charge on any atom is 0.238 e. The van der Waals surface area contributed by atoms with Gasteiger partial charge in [-0.1, -0.05) is 12.1 Å². The van der Waals surface area contributed by atoms with E-state index in [2.05, 4.69) is 5.32 Å². The van der Waals surface area contributed by atoms with E-state index in [4.69, 9.17) is 9.88 Å². The maximum absolute atomic E-state index is 11.3. The summed E-state index contributed by atoms with van der Waals surface area (Å²) in [5.41, 5.74) is 0.831. The molecule has 2 unspecified atom stereocenters. The molecule has 2 atom stereocenters. The van der Waals surface area contributed by atoms with Crippen molar-refractivity contribution < 1.29 is 18.3 Å². The number of ether oxygens (including phenoxy) is 1. The predicted molar refractivity (Wildman–Crippen MR) is 76.7 cm³/mol. The Bertz CT molecular complexity index is 519.